The number of nitrogens with zero attached hydrogens (tertiary/aromatic N) is 1. The summed E-state index contributed by atoms with van der Waals surface area (Å²) in [4.78, 5) is 3.86. The van der Waals surface area contributed by atoms with Gasteiger partial charge in [0.05, 0.1) is 5.02 Å². The number of hydrogen-bond acceptors (Lipinski definition) is 3. The Balaban J connectivity index is 2.30. The van der Waals surface area contributed by atoms with Gasteiger partial charge in [-0.15, -0.1) is 0 Å². The molecule has 106 valence electrons. The van der Waals surface area contributed by atoms with Gasteiger partial charge in [0.2, 0.25) is 10.0 Å². The fourth-order valence-electron chi connectivity index (χ4n) is 1.70. The van der Waals surface area contributed by atoms with E-state index in [9.17, 15) is 8.42 Å². The van der Waals surface area contributed by atoms with Gasteiger partial charge < -0.3 is 0 Å². The lowest BCUT2D eigenvalue weighted by molar-refractivity contribution is 0.567. The highest BCUT2D eigenvalue weighted by Gasteiger charge is 2.21. The fraction of sp³-hybridized carbons (Fsp3) is 0.154. The summed E-state index contributed by atoms with van der Waals surface area (Å²) < 4.78 is 27.2. The molecule has 0 aliphatic carbocycles. The van der Waals surface area contributed by atoms with E-state index in [0.717, 1.165) is 5.56 Å². The van der Waals surface area contributed by atoms with Gasteiger partial charge in [0.1, 0.15) is 4.90 Å². The summed E-state index contributed by atoms with van der Waals surface area (Å²) in [6.07, 6.45) is 3.21. The molecule has 1 atom stereocenters. The van der Waals surface area contributed by atoms with Crippen molar-refractivity contribution in [2.75, 3.05) is 0 Å². The molecular weight excluding hydrogens is 319 g/mol. The van der Waals surface area contributed by atoms with Crippen LogP contribution in [0.3, 0.4) is 0 Å². The topological polar surface area (TPSA) is 59.1 Å². The maximum atomic E-state index is 12.3. The minimum absolute atomic E-state index is 0.0347. The van der Waals surface area contributed by atoms with E-state index in [1.54, 1.807) is 31.5 Å². The summed E-state index contributed by atoms with van der Waals surface area (Å²) in [6.45, 7) is 1.74. The molecule has 0 radical (unpaired) electrons. The van der Waals surface area contributed by atoms with Crippen molar-refractivity contribution in [2.24, 2.45) is 0 Å². The Hall–Kier alpha value is -1.14. The summed E-state index contributed by atoms with van der Waals surface area (Å²) in [5, 5.41) is 0.440. The van der Waals surface area contributed by atoms with Crippen LogP contribution in [0.2, 0.25) is 10.0 Å². The average Bonchev–Trinajstić information content (AvgIpc) is 2.42. The number of sulfonamides is 1. The van der Waals surface area contributed by atoms with Crippen LogP contribution < -0.4 is 4.72 Å². The van der Waals surface area contributed by atoms with Gasteiger partial charge in [-0.05, 0) is 42.8 Å². The molecule has 0 amide bonds. The molecule has 1 heterocycles. The number of rotatable bonds is 4. The summed E-state index contributed by atoms with van der Waals surface area (Å²) in [7, 11) is -3.75. The van der Waals surface area contributed by atoms with Gasteiger partial charge in [0.15, 0.2) is 0 Å². The average molecular weight is 331 g/mol. The van der Waals surface area contributed by atoms with Crippen LogP contribution in [0.25, 0.3) is 0 Å². The molecule has 0 fully saturated rings. The van der Waals surface area contributed by atoms with Crippen molar-refractivity contribution < 1.29 is 8.42 Å². The van der Waals surface area contributed by atoms with Crippen molar-refractivity contribution in [1.29, 1.82) is 0 Å². The van der Waals surface area contributed by atoms with Crippen LogP contribution in [0, 0.1) is 0 Å². The van der Waals surface area contributed by atoms with E-state index in [2.05, 4.69) is 9.71 Å². The van der Waals surface area contributed by atoms with Crippen LogP contribution in [-0.2, 0) is 10.0 Å². The van der Waals surface area contributed by atoms with Crippen molar-refractivity contribution in [3.05, 3.63) is 58.3 Å². The normalized spacial score (nSPS) is 13.2. The van der Waals surface area contributed by atoms with E-state index in [1.165, 1.54) is 18.2 Å². The molecule has 0 aliphatic heterocycles. The molecule has 7 heteroatoms. The molecule has 0 spiro atoms. The third-order valence-corrected chi connectivity index (χ3v) is 4.98. The first-order valence-electron chi connectivity index (χ1n) is 5.77. The van der Waals surface area contributed by atoms with Crippen molar-refractivity contribution in [1.82, 2.24) is 9.71 Å². The highest BCUT2D eigenvalue weighted by molar-refractivity contribution is 7.89. The Bertz CT molecular complexity index is 706. The molecule has 20 heavy (non-hydrogen) atoms. The van der Waals surface area contributed by atoms with E-state index in [4.69, 9.17) is 23.2 Å². The zero-order valence-corrected chi connectivity index (χ0v) is 12.9. The standard InChI is InChI=1S/C13H12Cl2N2O2S/c1-9(10-4-6-16-7-5-10)17-20(18,19)13-8-11(14)2-3-12(13)15/h2-9,17H,1H3. The van der Waals surface area contributed by atoms with Crippen molar-refractivity contribution >= 4 is 33.2 Å². The lowest BCUT2D eigenvalue weighted by Crippen LogP contribution is -2.27. The van der Waals surface area contributed by atoms with Crippen LogP contribution in [0.15, 0.2) is 47.6 Å². The molecule has 0 saturated heterocycles. The fourth-order valence-corrected chi connectivity index (χ4v) is 3.69. The Morgan fingerprint density at radius 1 is 1.15 bits per heavy atom. The first-order chi connectivity index (χ1) is 9.40. The lowest BCUT2D eigenvalue weighted by atomic mass is 10.1. The second kappa shape index (κ2) is 6.10. The quantitative estimate of drug-likeness (QED) is 0.934. The van der Waals surface area contributed by atoms with Gasteiger partial charge in [0.25, 0.3) is 0 Å². The van der Waals surface area contributed by atoms with Crippen molar-refractivity contribution in [3.63, 3.8) is 0 Å². The monoisotopic (exact) mass is 330 g/mol. The number of pyridine rings is 1. The predicted molar refractivity (Wildman–Crippen MR) is 79.4 cm³/mol. The molecule has 1 aromatic carbocycles. The van der Waals surface area contributed by atoms with Crippen LogP contribution >= 0.6 is 23.2 Å². The van der Waals surface area contributed by atoms with Crippen molar-refractivity contribution in [2.45, 2.75) is 17.9 Å². The summed E-state index contributed by atoms with van der Waals surface area (Å²) in [5.41, 5.74) is 0.807. The number of nitrogens with one attached hydrogen (secondary N) is 1. The van der Waals surface area contributed by atoms with Gasteiger partial charge in [-0.1, -0.05) is 23.2 Å². The molecular formula is C13H12Cl2N2O2S. The van der Waals surface area contributed by atoms with E-state index < -0.39 is 16.1 Å². The molecule has 0 bridgehead atoms. The Kier molecular flexibility index (Phi) is 4.65. The van der Waals surface area contributed by atoms with Crippen LogP contribution in [0.4, 0.5) is 0 Å². The molecule has 4 nitrogen and oxygen atoms in total. The number of hydrogen-bond donors (Lipinski definition) is 1. The number of benzene rings is 1. The molecule has 1 aromatic heterocycles. The molecule has 1 unspecified atom stereocenters. The molecule has 0 saturated carbocycles. The Morgan fingerprint density at radius 2 is 1.80 bits per heavy atom. The van der Waals surface area contributed by atoms with E-state index in [-0.39, 0.29) is 9.92 Å². The largest absolute Gasteiger partial charge is 0.265 e. The van der Waals surface area contributed by atoms with Crippen LogP contribution in [-0.4, -0.2) is 13.4 Å². The molecule has 0 aliphatic rings. The smallest absolute Gasteiger partial charge is 0.242 e. The number of halogens is 2. The van der Waals surface area contributed by atoms with Gasteiger partial charge in [-0.2, -0.15) is 0 Å². The first kappa shape index (κ1) is 15.3. The SMILES string of the molecule is CC(NS(=O)(=O)c1cc(Cl)ccc1Cl)c1ccncc1. The zero-order chi connectivity index (χ0) is 14.8. The van der Waals surface area contributed by atoms with Gasteiger partial charge >= 0.3 is 0 Å². The predicted octanol–water partition coefficient (Wildman–Crippen LogP) is 3.43. The van der Waals surface area contributed by atoms with Crippen LogP contribution in [0.1, 0.15) is 18.5 Å². The van der Waals surface area contributed by atoms with Gasteiger partial charge in [0, 0.05) is 23.5 Å². The highest BCUT2D eigenvalue weighted by Crippen LogP contribution is 2.26. The van der Waals surface area contributed by atoms with Crippen LogP contribution in [0.5, 0.6) is 0 Å². The third-order valence-electron chi connectivity index (χ3n) is 2.72. The van der Waals surface area contributed by atoms with E-state index in [1.807, 2.05) is 0 Å². The van der Waals surface area contributed by atoms with Crippen molar-refractivity contribution in [3.8, 4) is 0 Å². The van der Waals surface area contributed by atoms with E-state index in [0.29, 0.717) is 5.02 Å². The maximum Gasteiger partial charge on any atom is 0.242 e. The van der Waals surface area contributed by atoms with E-state index >= 15 is 0 Å². The third kappa shape index (κ3) is 3.49. The number of aromatic nitrogens is 1. The summed E-state index contributed by atoms with van der Waals surface area (Å²) >= 11 is 11.7. The summed E-state index contributed by atoms with van der Waals surface area (Å²) in [6, 6.07) is 7.40. The molecule has 2 rings (SSSR count). The van der Waals surface area contributed by atoms with Gasteiger partial charge in [-0.3, -0.25) is 4.98 Å². The Labute approximate surface area is 127 Å². The minimum atomic E-state index is -3.75. The lowest BCUT2D eigenvalue weighted by Gasteiger charge is -2.15. The zero-order valence-electron chi connectivity index (χ0n) is 10.5. The Morgan fingerprint density at radius 3 is 2.45 bits per heavy atom. The second-order valence-electron chi connectivity index (χ2n) is 4.20. The van der Waals surface area contributed by atoms with Gasteiger partial charge in [-0.25, -0.2) is 13.1 Å². The molecule has 2 aromatic rings. The first-order valence-corrected chi connectivity index (χ1v) is 8.01. The minimum Gasteiger partial charge on any atom is -0.265 e. The highest BCUT2D eigenvalue weighted by atomic mass is 35.5. The second-order valence-corrected chi connectivity index (χ2v) is 6.72. The molecule has 1 N–H and O–H groups in total. The maximum absolute atomic E-state index is 12.3. The summed E-state index contributed by atoms with van der Waals surface area (Å²) in [5.74, 6) is 0.